The van der Waals surface area contributed by atoms with Gasteiger partial charge in [-0.25, -0.2) is 0 Å². The van der Waals surface area contributed by atoms with Crippen molar-refractivity contribution in [2.24, 2.45) is 5.73 Å². The third kappa shape index (κ3) is 2.81. The van der Waals surface area contributed by atoms with Crippen molar-refractivity contribution in [2.75, 3.05) is 0 Å². The first-order chi connectivity index (χ1) is 4.87. The maximum atomic E-state index is 9.74. The zero-order valence-corrected chi connectivity index (χ0v) is 7.92. The van der Waals surface area contributed by atoms with Gasteiger partial charge in [-0.05, 0) is 13.8 Å². The SMILES string of the molecule is C=COC(O)(CC)C(C)(C)N.O. The lowest BCUT2D eigenvalue weighted by molar-refractivity contribution is -0.207. The molecule has 4 nitrogen and oxygen atoms in total. The molecule has 0 aromatic rings. The highest BCUT2D eigenvalue weighted by atomic mass is 16.6. The van der Waals surface area contributed by atoms with Crippen LogP contribution >= 0.6 is 0 Å². The number of aliphatic hydroxyl groups is 1. The van der Waals surface area contributed by atoms with Crippen LogP contribution in [0, 0.1) is 0 Å². The molecular weight excluding hydrogens is 158 g/mol. The number of hydrogen-bond acceptors (Lipinski definition) is 3. The van der Waals surface area contributed by atoms with Crippen LogP contribution in [-0.4, -0.2) is 21.9 Å². The van der Waals surface area contributed by atoms with Gasteiger partial charge < -0.3 is 21.1 Å². The molecular formula is C8H19NO3. The molecule has 0 fully saturated rings. The topological polar surface area (TPSA) is 87.0 Å². The van der Waals surface area contributed by atoms with Crippen LogP contribution in [0.1, 0.15) is 27.2 Å². The molecule has 0 amide bonds. The fraction of sp³-hybridized carbons (Fsp3) is 0.750. The highest BCUT2D eigenvalue weighted by Crippen LogP contribution is 2.24. The smallest absolute Gasteiger partial charge is 0.224 e. The Labute approximate surface area is 73.3 Å². The summed E-state index contributed by atoms with van der Waals surface area (Å²) in [6.45, 7) is 8.59. The third-order valence-electron chi connectivity index (χ3n) is 1.76. The minimum absolute atomic E-state index is 0. The number of rotatable bonds is 4. The summed E-state index contributed by atoms with van der Waals surface area (Å²) < 4.78 is 4.94. The Morgan fingerprint density at radius 2 is 2.00 bits per heavy atom. The molecule has 0 bridgehead atoms. The van der Waals surface area contributed by atoms with Crippen molar-refractivity contribution in [1.29, 1.82) is 0 Å². The Morgan fingerprint density at radius 1 is 1.58 bits per heavy atom. The van der Waals surface area contributed by atoms with Crippen LogP contribution in [0.5, 0.6) is 0 Å². The quantitative estimate of drug-likeness (QED) is 0.473. The Hall–Kier alpha value is -0.580. The largest absolute Gasteiger partial charge is 0.469 e. The first-order valence-corrected chi connectivity index (χ1v) is 3.67. The molecule has 0 rings (SSSR count). The van der Waals surface area contributed by atoms with E-state index in [1.807, 2.05) is 0 Å². The van der Waals surface area contributed by atoms with Gasteiger partial charge in [-0.2, -0.15) is 0 Å². The van der Waals surface area contributed by atoms with E-state index < -0.39 is 11.3 Å². The fourth-order valence-corrected chi connectivity index (χ4v) is 0.829. The average Bonchev–Trinajstić information content (AvgIpc) is 1.86. The van der Waals surface area contributed by atoms with E-state index in [9.17, 15) is 5.11 Å². The molecule has 0 radical (unpaired) electrons. The standard InChI is InChI=1S/C8H17NO2.H2O/c1-5-8(10,11-6-2)7(3,4)9;/h6,10H,2,5,9H2,1,3-4H3;1H2. The maximum Gasteiger partial charge on any atom is 0.224 e. The monoisotopic (exact) mass is 177 g/mol. The lowest BCUT2D eigenvalue weighted by Crippen LogP contribution is -2.57. The van der Waals surface area contributed by atoms with Crippen molar-refractivity contribution in [2.45, 2.75) is 38.5 Å². The minimum Gasteiger partial charge on any atom is -0.469 e. The Bertz CT molecular complexity index is 142. The minimum atomic E-state index is -1.31. The van der Waals surface area contributed by atoms with Crippen LogP contribution in [0.15, 0.2) is 12.8 Å². The molecule has 0 aromatic heterocycles. The van der Waals surface area contributed by atoms with E-state index in [4.69, 9.17) is 10.5 Å². The molecule has 0 aliphatic carbocycles. The molecule has 1 unspecified atom stereocenters. The van der Waals surface area contributed by atoms with Crippen molar-refractivity contribution in [1.82, 2.24) is 0 Å². The van der Waals surface area contributed by atoms with Gasteiger partial charge in [-0.1, -0.05) is 13.5 Å². The number of ether oxygens (including phenoxy) is 1. The summed E-state index contributed by atoms with van der Waals surface area (Å²) in [7, 11) is 0. The van der Waals surface area contributed by atoms with Crippen molar-refractivity contribution in [3.63, 3.8) is 0 Å². The number of nitrogens with two attached hydrogens (primary N) is 1. The van der Waals surface area contributed by atoms with E-state index in [1.165, 1.54) is 6.26 Å². The molecule has 0 spiro atoms. The lowest BCUT2D eigenvalue weighted by Gasteiger charge is -2.37. The highest BCUT2D eigenvalue weighted by Gasteiger charge is 2.40. The van der Waals surface area contributed by atoms with Crippen LogP contribution in [0.25, 0.3) is 0 Å². The molecule has 74 valence electrons. The molecule has 12 heavy (non-hydrogen) atoms. The van der Waals surface area contributed by atoms with Gasteiger partial charge >= 0.3 is 0 Å². The van der Waals surface area contributed by atoms with E-state index in [2.05, 4.69) is 6.58 Å². The van der Waals surface area contributed by atoms with E-state index >= 15 is 0 Å². The summed E-state index contributed by atoms with van der Waals surface area (Å²) in [5, 5.41) is 9.74. The summed E-state index contributed by atoms with van der Waals surface area (Å²) in [6, 6.07) is 0. The van der Waals surface area contributed by atoms with E-state index in [-0.39, 0.29) is 5.48 Å². The van der Waals surface area contributed by atoms with E-state index in [0.29, 0.717) is 6.42 Å². The number of hydrogen-bond donors (Lipinski definition) is 2. The molecule has 1 atom stereocenters. The zero-order valence-electron chi connectivity index (χ0n) is 7.92. The molecule has 0 aliphatic heterocycles. The van der Waals surface area contributed by atoms with Crippen LogP contribution in [0.4, 0.5) is 0 Å². The molecule has 0 heterocycles. The van der Waals surface area contributed by atoms with Crippen LogP contribution in [0.3, 0.4) is 0 Å². The lowest BCUT2D eigenvalue weighted by atomic mass is 9.92. The maximum absolute atomic E-state index is 9.74. The van der Waals surface area contributed by atoms with Crippen molar-refractivity contribution in [3.05, 3.63) is 12.8 Å². The van der Waals surface area contributed by atoms with Crippen LogP contribution in [-0.2, 0) is 4.74 Å². The summed E-state index contributed by atoms with van der Waals surface area (Å²) in [6.07, 6.45) is 1.64. The predicted octanol–water partition coefficient (Wildman–Crippen LogP) is 0.158. The van der Waals surface area contributed by atoms with E-state index in [0.717, 1.165) is 0 Å². The Morgan fingerprint density at radius 3 is 2.08 bits per heavy atom. The summed E-state index contributed by atoms with van der Waals surface area (Å²) in [5.41, 5.74) is 4.91. The van der Waals surface area contributed by atoms with Gasteiger partial charge in [0.05, 0.1) is 11.8 Å². The normalized spacial score (nSPS) is 15.8. The molecule has 0 aromatic carbocycles. The zero-order chi connectivity index (χ0) is 9.12. The second kappa shape index (κ2) is 4.45. The predicted molar refractivity (Wildman–Crippen MR) is 48.4 cm³/mol. The van der Waals surface area contributed by atoms with Gasteiger partial charge in [0.2, 0.25) is 5.79 Å². The van der Waals surface area contributed by atoms with Gasteiger partial charge in [-0.15, -0.1) is 0 Å². The average molecular weight is 177 g/mol. The summed E-state index contributed by atoms with van der Waals surface area (Å²) >= 11 is 0. The molecule has 5 N–H and O–H groups in total. The van der Waals surface area contributed by atoms with Gasteiger partial charge in [-0.3, -0.25) is 0 Å². The van der Waals surface area contributed by atoms with Crippen molar-refractivity contribution in [3.8, 4) is 0 Å². The van der Waals surface area contributed by atoms with Gasteiger partial charge in [0.1, 0.15) is 0 Å². The first kappa shape index (κ1) is 14.0. The highest BCUT2D eigenvalue weighted by molar-refractivity contribution is 4.90. The molecule has 4 heteroatoms. The molecule has 0 aliphatic rings. The van der Waals surface area contributed by atoms with Gasteiger partial charge in [0.15, 0.2) is 0 Å². The molecule has 0 saturated heterocycles. The summed E-state index contributed by atoms with van der Waals surface area (Å²) in [5.74, 6) is -1.31. The second-order valence-corrected chi connectivity index (χ2v) is 3.14. The summed E-state index contributed by atoms with van der Waals surface area (Å²) in [4.78, 5) is 0. The molecule has 0 saturated carbocycles. The van der Waals surface area contributed by atoms with Crippen molar-refractivity contribution < 1.29 is 15.3 Å². The van der Waals surface area contributed by atoms with Crippen LogP contribution < -0.4 is 5.73 Å². The van der Waals surface area contributed by atoms with Gasteiger partial charge in [0.25, 0.3) is 0 Å². The van der Waals surface area contributed by atoms with Gasteiger partial charge in [0, 0.05) is 6.42 Å². The van der Waals surface area contributed by atoms with Crippen LogP contribution in [0.2, 0.25) is 0 Å². The van der Waals surface area contributed by atoms with Crippen molar-refractivity contribution >= 4 is 0 Å². The Balaban J connectivity index is 0. The second-order valence-electron chi connectivity index (χ2n) is 3.14. The van der Waals surface area contributed by atoms with E-state index in [1.54, 1.807) is 20.8 Å². The Kier molecular flexibility index (Phi) is 5.18. The first-order valence-electron chi connectivity index (χ1n) is 3.67. The fourth-order valence-electron chi connectivity index (χ4n) is 0.829. The third-order valence-corrected chi connectivity index (χ3v) is 1.76.